The number of fused-ring (bicyclic) bond motifs is 1. The summed E-state index contributed by atoms with van der Waals surface area (Å²) in [6.07, 6.45) is 0. The average Bonchev–Trinajstić information content (AvgIpc) is 3.18. The number of anilines is 1. The van der Waals surface area contributed by atoms with Crippen molar-refractivity contribution < 1.29 is 13.5 Å². The molecule has 2 N–H and O–H groups in total. The smallest absolute Gasteiger partial charge is 0.237 e. The van der Waals surface area contributed by atoms with E-state index >= 15 is 0 Å². The van der Waals surface area contributed by atoms with E-state index in [1.54, 1.807) is 50.2 Å². The summed E-state index contributed by atoms with van der Waals surface area (Å²) in [6, 6.07) is 22.1. The van der Waals surface area contributed by atoms with Gasteiger partial charge in [-0.3, -0.25) is 4.31 Å². The SMILES string of the molecule is CC(C)S(=O)(=O)N(CCN(C)C)c1ccc(N=C(c2ccccc2)c2c(O)[nH]c3cc(Cl)ccc23)cc1. The van der Waals surface area contributed by atoms with Gasteiger partial charge < -0.3 is 15.0 Å². The van der Waals surface area contributed by atoms with Gasteiger partial charge >= 0.3 is 0 Å². The fourth-order valence-corrected chi connectivity index (χ4v) is 5.46. The highest BCUT2D eigenvalue weighted by Gasteiger charge is 2.26. The number of hydrogen-bond donors (Lipinski definition) is 2. The predicted molar refractivity (Wildman–Crippen MR) is 153 cm³/mol. The van der Waals surface area contributed by atoms with Crippen molar-refractivity contribution in [2.24, 2.45) is 4.99 Å². The Bertz CT molecular complexity index is 1510. The number of halogens is 1. The molecule has 3 aromatic carbocycles. The van der Waals surface area contributed by atoms with E-state index in [1.165, 1.54) is 4.31 Å². The highest BCUT2D eigenvalue weighted by atomic mass is 35.5. The molecule has 0 amide bonds. The Labute approximate surface area is 223 Å². The molecule has 0 aliphatic carbocycles. The van der Waals surface area contributed by atoms with Crippen LogP contribution < -0.4 is 4.31 Å². The molecule has 0 atom stereocenters. The Hall–Kier alpha value is -3.33. The minimum Gasteiger partial charge on any atom is -0.494 e. The van der Waals surface area contributed by atoms with Crippen LogP contribution >= 0.6 is 11.6 Å². The minimum atomic E-state index is -3.51. The lowest BCUT2D eigenvalue weighted by atomic mass is 10.0. The van der Waals surface area contributed by atoms with Gasteiger partial charge in [0.15, 0.2) is 5.88 Å². The third-order valence-electron chi connectivity index (χ3n) is 6.06. The zero-order valence-corrected chi connectivity index (χ0v) is 22.9. The lowest BCUT2D eigenvalue weighted by Gasteiger charge is -2.27. The number of sulfonamides is 1. The molecule has 0 saturated carbocycles. The van der Waals surface area contributed by atoms with Crippen LogP contribution in [0.1, 0.15) is 25.0 Å². The molecular weight excluding hydrogens is 508 g/mol. The molecule has 0 aliphatic heterocycles. The first-order chi connectivity index (χ1) is 17.6. The summed E-state index contributed by atoms with van der Waals surface area (Å²) >= 11 is 6.16. The van der Waals surface area contributed by atoms with Gasteiger partial charge in [-0.05, 0) is 64.3 Å². The molecule has 37 heavy (non-hydrogen) atoms. The maximum absolute atomic E-state index is 13.1. The number of H-pyrrole nitrogens is 1. The first kappa shape index (κ1) is 26.7. The van der Waals surface area contributed by atoms with E-state index < -0.39 is 15.3 Å². The molecule has 1 heterocycles. The van der Waals surface area contributed by atoms with Crippen molar-refractivity contribution in [3.63, 3.8) is 0 Å². The molecule has 0 saturated heterocycles. The molecule has 4 rings (SSSR count). The van der Waals surface area contributed by atoms with Gasteiger partial charge in [-0.1, -0.05) is 48.0 Å². The molecule has 1 aromatic heterocycles. The molecule has 0 aliphatic rings. The second-order valence-corrected chi connectivity index (χ2v) is 12.2. The van der Waals surface area contributed by atoms with E-state index in [9.17, 15) is 13.5 Å². The Kier molecular flexibility index (Phi) is 7.92. The van der Waals surface area contributed by atoms with Crippen LogP contribution in [0.25, 0.3) is 10.9 Å². The van der Waals surface area contributed by atoms with E-state index in [2.05, 4.69) is 4.98 Å². The van der Waals surface area contributed by atoms with Gasteiger partial charge in [-0.2, -0.15) is 0 Å². The zero-order valence-electron chi connectivity index (χ0n) is 21.3. The zero-order chi connectivity index (χ0) is 26.7. The molecule has 0 bridgehead atoms. The van der Waals surface area contributed by atoms with E-state index in [0.717, 1.165) is 10.9 Å². The van der Waals surface area contributed by atoms with Crippen LogP contribution in [-0.2, 0) is 10.0 Å². The van der Waals surface area contributed by atoms with Crippen molar-refractivity contribution in [2.45, 2.75) is 19.1 Å². The third-order valence-corrected chi connectivity index (χ3v) is 8.49. The normalized spacial score (nSPS) is 12.6. The van der Waals surface area contributed by atoms with Gasteiger partial charge in [-0.15, -0.1) is 0 Å². The van der Waals surface area contributed by atoms with Gasteiger partial charge in [0.25, 0.3) is 0 Å². The maximum atomic E-state index is 13.1. The second-order valence-electron chi connectivity index (χ2n) is 9.35. The summed E-state index contributed by atoms with van der Waals surface area (Å²) < 4.78 is 27.6. The largest absolute Gasteiger partial charge is 0.494 e. The van der Waals surface area contributed by atoms with E-state index in [0.29, 0.717) is 46.3 Å². The first-order valence-electron chi connectivity index (χ1n) is 12.0. The van der Waals surface area contributed by atoms with Crippen molar-refractivity contribution in [1.29, 1.82) is 0 Å². The Morgan fingerprint density at radius 3 is 2.30 bits per heavy atom. The van der Waals surface area contributed by atoms with Crippen molar-refractivity contribution in [1.82, 2.24) is 9.88 Å². The van der Waals surface area contributed by atoms with Crippen molar-refractivity contribution in [2.75, 3.05) is 31.5 Å². The van der Waals surface area contributed by atoms with Crippen molar-refractivity contribution in [3.05, 3.63) is 88.9 Å². The van der Waals surface area contributed by atoms with Crippen LogP contribution in [-0.4, -0.2) is 61.6 Å². The van der Waals surface area contributed by atoms with Crippen LogP contribution in [0.5, 0.6) is 5.88 Å². The van der Waals surface area contributed by atoms with Gasteiger partial charge in [0.2, 0.25) is 10.0 Å². The fourth-order valence-electron chi connectivity index (χ4n) is 4.03. The first-order valence-corrected chi connectivity index (χ1v) is 13.9. The van der Waals surface area contributed by atoms with Gasteiger partial charge in [-0.25, -0.2) is 13.4 Å². The molecule has 7 nitrogen and oxygen atoms in total. The van der Waals surface area contributed by atoms with Crippen LogP contribution in [0.4, 0.5) is 11.4 Å². The monoisotopic (exact) mass is 538 g/mol. The number of hydrogen-bond acceptors (Lipinski definition) is 5. The van der Waals surface area contributed by atoms with Crippen LogP contribution in [0.15, 0.2) is 77.8 Å². The summed E-state index contributed by atoms with van der Waals surface area (Å²) in [5.41, 5.74) is 3.89. The number of aromatic hydroxyl groups is 1. The summed E-state index contributed by atoms with van der Waals surface area (Å²) in [5.74, 6) is -0.00521. The van der Waals surface area contributed by atoms with Crippen LogP contribution in [0.3, 0.4) is 0 Å². The number of likely N-dealkylation sites (N-methyl/N-ethyl adjacent to an activating group) is 1. The summed E-state index contributed by atoms with van der Waals surface area (Å²) in [6.45, 7) is 4.30. The Morgan fingerprint density at radius 2 is 1.68 bits per heavy atom. The highest BCUT2D eigenvalue weighted by Crippen LogP contribution is 2.33. The predicted octanol–water partition coefficient (Wildman–Crippen LogP) is 5.80. The topological polar surface area (TPSA) is 89.0 Å². The van der Waals surface area contributed by atoms with E-state index in [-0.39, 0.29) is 5.88 Å². The molecule has 9 heteroatoms. The van der Waals surface area contributed by atoms with E-state index in [1.807, 2.05) is 55.4 Å². The van der Waals surface area contributed by atoms with Crippen LogP contribution in [0.2, 0.25) is 5.02 Å². The third kappa shape index (κ3) is 5.82. The Morgan fingerprint density at radius 1 is 1.00 bits per heavy atom. The number of aromatic nitrogens is 1. The summed E-state index contributed by atoms with van der Waals surface area (Å²) in [7, 11) is 0.315. The van der Waals surface area contributed by atoms with E-state index in [4.69, 9.17) is 16.6 Å². The number of nitrogens with zero attached hydrogens (tertiary/aromatic N) is 3. The summed E-state index contributed by atoms with van der Waals surface area (Å²) in [4.78, 5) is 9.85. The quantitative estimate of drug-likeness (QED) is 0.263. The number of aromatic amines is 1. The molecule has 0 fully saturated rings. The summed E-state index contributed by atoms with van der Waals surface area (Å²) in [5, 5.41) is 11.6. The minimum absolute atomic E-state index is 0.00521. The van der Waals surface area contributed by atoms with Gasteiger partial charge in [0.05, 0.1) is 33.4 Å². The average molecular weight is 539 g/mol. The maximum Gasteiger partial charge on any atom is 0.237 e. The van der Waals surface area contributed by atoms with Crippen molar-refractivity contribution in [3.8, 4) is 5.88 Å². The molecule has 4 aromatic rings. The standard InChI is InChI=1S/C28H31ClN4O3S/c1-19(2)37(35,36)33(17-16-32(3)4)23-13-11-22(12-14-23)30-27(20-8-6-5-7-9-20)26-24-15-10-21(29)18-25(24)31-28(26)34/h5-15,18-19,31,34H,16-17H2,1-4H3. The second kappa shape index (κ2) is 11.0. The number of rotatable bonds is 9. The lowest BCUT2D eigenvalue weighted by molar-refractivity contribution is 0.419. The molecule has 0 radical (unpaired) electrons. The number of benzene rings is 3. The van der Waals surface area contributed by atoms with Crippen molar-refractivity contribution >= 4 is 49.6 Å². The fraction of sp³-hybridized carbons (Fsp3) is 0.250. The molecular formula is C28H31ClN4O3S. The molecule has 194 valence electrons. The lowest BCUT2D eigenvalue weighted by Crippen LogP contribution is -2.40. The number of nitrogens with one attached hydrogen (secondary N) is 1. The van der Waals surface area contributed by atoms with Gasteiger partial charge in [0, 0.05) is 29.1 Å². The highest BCUT2D eigenvalue weighted by molar-refractivity contribution is 7.93. The van der Waals surface area contributed by atoms with Crippen LogP contribution in [0, 0.1) is 0 Å². The van der Waals surface area contributed by atoms with Gasteiger partial charge in [0.1, 0.15) is 0 Å². The number of aliphatic imine (C=N–C) groups is 1. The molecule has 0 unspecified atom stereocenters. The Balaban J connectivity index is 1.80. The molecule has 0 spiro atoms.